The fourth-order valence-corrected chi connectivity index (χ4v) is 6.05. The summed E-state index contributed by atoms with van der Waals surface area (Å²) in [6, 6.07) is 28.2. The summed E-state index contributed by atoms with van der Waals surface area (Å²) in [5, 5.41) is 12.1. The Morgan fingerprint density at radius 2 is 1.78 bits per heavy atom. The Balaban J connectivity index is 1.35. The van der Waals surface area contributed by atoms with Crippen LogP contribution in [0.15, 0.2) is 113 Å². The minimum atomic E-state index is -0.657. The number of hydrogen-bond donors (Lipinski definition) is 2. The van der Waals surface area contributed by atoms with E-state index in [0.717, 1.165) is 11.1 Å². The van der Waals surface area contributed by atoms with E-state index in [1.807, 2.05) is 67.6 Å². The van der Waals surface area contributed by atoms with Gasteiger partial charge in [0.25, 0.3) is 5.91 Å². The fraction of sp³-hybridized carbons (Fsp3) is 0.147. The summed E-state index contributed by atoms with van der Waals surface area (Å²) in [6.45, 7) is 2.10. The number of thioether (sulfide) groups is 1. The van der Waals surface area contributed by atoms with Crippen molar-refractivity contribution < 1.29 is 18.7 Å². The van der Waals surface area contributed by atoms with E-state index in [1.54, 1.807) is 42.1 Å². The van der Waals surface area contributed by atoms with E-state index in [4.69, 9.17) is 26.2 Å². The zero-order chi connectivity index (χ0) is 31.3. The van der Waals surface area contributed by atoms with Crippen LogP contribution in [0.5, 0.6) is 11.5 Å². The second-order valence-electron chi connectivity index (χ2n) is 10.2. The van der Waals surface area contributed by atoms with Gasteiger partial charge < -0.3 is 20.1 Å². The molecule has 5 aromatic rings. The van der Waals surface area contributed by atoms with Crippen molar-refractivity contribution >= 4 is 40.9 Å². The quantitative estimate of drug-likeness (QED) is 0.150. The van der Waals surface area contributed by atoms with Crippen molar-refractivity contribution in [3.8, 4) is 11.5 Å². The lowest BCUT2D eigenvalue weighted by Gasteiger charge is -2.29. The highest BCUT2D eigenvalue weighted by atomic mass is 35.5. The van der Waals surface area contributed by atoms with Gasteiger partial charge in [-0.3, -0.25) is 4.79 Å². The van der Waals surface area contributed by atoms with Gasteiger partial charge in [0.05, 0.1) is 18.4 Å². The molecule has 0 spiro atoms. The molecule has 1 aromatic heterocycles. The maximum atomic E-state index is 14.3. The van der Waals surface area contributed by atoms with Crippen LogP contribution in [-0.4, -0.2) is 27.8 Å². The Morgan fingerprint density at radius 1 is 1.02 bits per heavy atom. The van der Waals surface area contributed by atoms with Crippen molar-refractivity contribution in [1.29, 1.82) is 0 Å². The third-order valence-corrected chi connectivity index (χ3v) is 8.53. The van der Waals surface area contributed by atoms with Crippen LogP contribution in [0.2, 0.25) is 5.02 Å². The molecule has 0 bridgehead atoms. The van der Waals surface area contributed by atoms with Crippen molar-refractivity contribution in [3.63, 3.8) is 0 Å². The van der Waals surface area contributed by atoms with Gasteiger partial charge in [-0.15, -0.1) is 5.10 Å². The van der Waals surface area contributed by atoms with Gasteiger partial charge in [-0.05, 0) is 54.4 Å². The Hall–Kier alpha value is -4.80. The van der Waals surface area contributed by atoms with E-state index < -0.39 is 6.04 Å². The highest BCUT2D eigenvalue weighted by molar-refractivity contribution is 7.98. The highest BCUT2D eigenvalue weighted by Gasteiger charge is 2.35. The number of anilines is 2. The molecule has 2 heterocycles. The second kappa shape index (κ2) is 13.5. The number of nitrogens with zero attached hydrogens (tertiary/aromatic N) is 3. The molecule has 11 heteroatoms. The van der Waals surface area contributed by atoms with Crippen LogP contribution in [0.3, 0.4) is 0 Å². The van der Waals surface area contributed by atoms with Gasteiger partial charge in [0.2, 0.25) is 11.1 Å². The molecular weight excluding hydrogens is 613 g/mol. The molecular formula is C34H29ClFN5O3S. The smallest absolute Gasteiger partial charge is 0.255 e. The number of methoxy groups -OCH3 is 1. The standard InChI is InChI=1S/C34H29ClFN5O3S/c1-21-30(32(42)38-28-16-7-8-17-29(28)43-2)31(22-12-9-13-25(18-22)44-19-23-10-3-5-14-26(23)35)41-33(37-21)39-34(40-41)45-20-24-11-4-6-15-27(24)36/h3-18,31H,19-20H2,1-2H3,(H,38,42)(H,37,39,40). The van der Waals surface area contributed by atoms with Crippen molar-refractivity contribution in [1.82, 2.24) is 14.8 Å². The summed E-state index contributed by atoms with van der Waals surface area (Å²) < 4.78 is 27.6. The molecule has 0 aliphatic carbocycles. The monoisotopic (exact) mass is 641 g/mol. The molecule has 1 unspecified atom stereocenters. The minimum Gasteiger partial charge on any atom is -0.495 e. The third kappa shape index (κ3) is 6.67. The number of fused-ring (bicyclic) bond motifs is 1. The Bertz CT molecular complexity index is 1900. The molecule has 0 fully saturated rings. The summed E-state index contributed by atoms with van der Waals surface area (Å²) in [4.78, 5) is 18.7. The van der Waals surface area contributed by atoms with Crippen LogP contribution in [0, 0.1) is 5.82 Å². The molecule has 2 N–H and O–H groups in total. The van der Waals surface area contributed by atoms with Crippen LogP contribution in [0.1, 0.15) is 29.7 Å². The molecule has 0 radical (unpaired) electrons. The summed E-state index contributed by atoms with van der Waals surface area (Å²) in [7, 11) is 1.55. The number of para-hydroxylation sites is 2. The number of benzene rings is 4. The van der Waals surface area contributed by atoms with Gasteiger partial charge in [0, 0.05) is 22.0 Å². The molecule has 0 saturated heterocycles. The van der Waals surface area contributed by atoms with Crippen LogP contribution in [-0.2, 0) is 17.2 Å². The molecule has 1 aliphatic rings. The number of hydrogen-bond acceptors (Lipinski definition) is 7. The first kappa shape index (κ1) is 30.2. The molecule has 45 heavy (non-hydrogen) atoms. The summed E-state index contributed by atoms with van der Waals surface area (Å²) in [6.07, 6.45) is 0. The first-order valence-electron chi connectivity index (χ1n) is 14.1. The van der Waals surface area contributed by atoms with Crippen LogP contribution >= 0.6 is 23.4 Å². The molecule has 6 rings (SSSR count). The zero-order valence-corrected chi connectivity index (χ0v) is 26.0. The van der Waals surface area contributed by atoms with Crippen molar-refractivity contribution in [3.05, 3.63) is 136 Å². The highest BCUT2D eigenvalue weighted by Crippen LogP contribution is 2.39. The number of halogens is 2. The first-order chi connectivity index (χ1) is 21.9. The predicted molar refractivity (Wildman–Crippen MR) is 174 cm³/mol. The zero-order valence-electron chi connectivity index (χ0n) is 24.5. The topological polar surface area (TPSA) is 90.3 Å². The van der Waals surface area contributed by atoms with Gasteiger partial charge in [-0.25, -0.2) is 9.07 Å². The Kier molecular flexibility index (Phi) is 9.04. The van der Waals surface area contributed by atoms with E-state index in [0.29, 0.717) is 55.9 Å². The molecule has 4 aromatic carbocycles. The number of ether oxygens (including phenoxy) is 2. The van der Waals surface area contributed by atoms with E-state index in [-0.39, 0.29) is 18.3 Å². The average molecular weight is 642 g/mol. The SMILES string of the molecule is COc1ccccc1NC(=O)C1=C(C)Nc2nc(SCc3ccccc3F)nn2C1c1cccc(OCc2ccccc2Cl)c1. The Morgan fingerprint density at radius 3 is 2.58 bits per heavy atom. The number of carbonyl (C=O) groups excluding carboxylic acids is 1. The minimum absolute atomic E-state index is 0.275. The molecule has 8 nitrogen and oxygen atoms in total. The lowest BCUT2D eigenvalue weighted by atomic mass is 9.94. The molecule has 228 valence electrons. The maximum absolute atomic E-state index is 14.3. The predicted octanol–water partition coefficient (Wildman–Crippen LogP) is 7.88. The summed E-state index contributed by atoms with van der Waals surface area (Å²) in [5.74, 6) is 1.33. The second-order valence-corrected chi connectivity index (χ2v) is 11.6. The fourth-order valence-electron chi connectivity index (χ4n) is 5.04. The van der Waals surface area contributed by atoms with Gasteiger partial charge >= 0.3 is 0 Å². The molecule has 1 aliphatic heterocycles. The molecule has 1 atom stereocenters. The normalized spacial score (nSPS) is 14.0. The average Bonchev–Trinajstić information content (AvgIpc) is 3.46. The van der Waals surface area contributed by atoms with Crippen LogP contribution in [0.4, 0.5) is 16.0 Å². The van der Waals surface area contributed by atoms with Gasteiger partial charge in [0.15, 0.2) is 0 Å². The van der Waals surface area contributed by atoms with Crippen LogP contribution in [0.25, 0.3) is 0 Å². The van der Waals surface area contributed by atoms with Crippen molar-refractivity contribution in [2.75, 3.05) is 17.7 Å². The van der Waals surface area contributed by atoms with Gasteiger partial charge in [0.1, 0.15) is 30.0 Å². The largest absolute Gasteiger partial charge is 0.495 e. The third-order valence-electron chi connectivity index (χ3n) is 7.27. The first-order valence-corrected chi connectivity index (χ1v) is 15.5. The number of carbonyl (C=O) groups is 1. The van der Waals surface area contributed by atoms with E-state index in [9.17, 15) is 9.18 Å². The lowest BCUT2D eigenvalue weighted by molar-refractivity contribution is -0.113. The Labute approximate surface area is 269 Å². The molecule has 0 saturated carbocycles. The lowest BCUT2D eigenvalue weighted by Crippen LogP contribution is -2.31. The molecule has 1 amide bonds. The maximum Gasteiger partial charge on any atom is 0.255 e. The van der Waals surface area contributed by atoms with Crippen molar-refractivity contribution in [2.45, 2.75) is 30.5 Å². The van der Waals surface area contributed by atoms with Gasteiger partial charge in [-0.2, -0.15) is 4.98 Å². The van der Waals surface area contributed by atoms with Gasteiger partial charge in [-0.1, -0.05) is 84.0 Å². The van der Waals surface area contributed by atoms with Crippen molar-refractivity contribution in [2.24, 2.45) is 0 Å². The van der Waals surface area contributed by atoms with E-state index in [1.165, 1.54) is 17.8 Å². The number of nitrogens with one attached hydrogen (secondary N) is 2. The number of amides is 1. The van der Waals surface area contributed by atoms with E-state index >= 15 is 0 Å². The van der Waals surface area contributed by atoms with Crippen LogP contribution < -0.4 is 20.1 Å². The number of rotatable bonds is 10. The van der Waals surface area contributed by atoms with E-state index in [2.05, 4.69) is 15.6 Å². The number of aromatic nitrogens is 3. The number of allylic oxidation sites excluding steroid dienone is 1. The summed E-state index contributed by atoms with van der Waals surface area (Å²) in [5.41, 5.74) is 3.75. The summed E-state index contributed by atoms with van der Waals surface area (Å²) >= 11 is 7.66.